The lowest BCUT2D eigenvalue weighted by molar-refractivity contribution is -0.122. The van der Waals surface area contributed by atoms with E-state index < -0.39 is 6.04 Å². The van der Waals surface area contributed by atoms with Gasteiger partial charge in [0.05, 0.1) is 22.3 Å². The summed E-state index contributed by atoms with van der Waals surface area (Å²) in [5.41, 5.74) is 2.35. The minimum absolute atomic E-state index is 0.159. The van der Waals surface area contributed by atoms with Gasteiger partial charge in [-0.15, -0.1) is 0 Å². The van der Waals surface area contributed by atoms with Gasteiger partial charge in [-0.3, -0.25) is 9.78 Å². The number of rotatable bonds is 6. The number of nitrogens with zero attached hydrogens (tertiary/aromatic N) is 1. The second-order valence-electron chi connectivity index (χ2n) is 5.66. The van der Waals surface area contributed by atoms with Crippen LogP contribution in [0.2, 0.25) is 10.0 Å². The summed E-state index contributed by atoms with van der Waals surface area (Å²) in [7, 11) is 0. The summed E-state index contributed by atoms with van der Waals surface area (Å²) in [6.07, 6.45) is 1.70. The number of hydrogen-bond acceptors (Lipinski definition) is 3. The smallest absolute Gasteiger partial charge is 0.247 e. The maximum Gasteiger partial charge on any atom is 0.247 e. The van der Waals surface area contributed by atoms with Gasteiger partial charge in [0.2, 0.25) is 5.91 Å². The van der Waals surface area contributed by atoms with Crippen molar-refractivity contribution in [1.82, 2.24) is 10.3 Å². The van der Waals surface area contributed by atoms with E-state index in [1.54, 1.807) is 24.4 Å². The molecule has 0 aliphatic carbocycles. The van der Waals surface area contributed by atoms with E-state index in [2.05, 4.69) is 15.6 Å². The van der Waals surface area contributed by atoms with Gasteiger partial charge in [0.1, 0.15) is 6.04 Å². The molecule has 0 saturated carbocycles. The molecule has 1 amide bonds. The molecule has 3 aromatic rings. The molecule has 6 heteroatoms. The Morgan fingerprint density at radius 1 is 0.962 bits per heavy atom. The van der Waals surface area contributed by atoms with Crippen molar-refractivity contribution < 1.29 is 4.79 Å². The second kappa shape index (κ2) is 8.70. The van der Waals surface area contributed by atoms with Gasteiger partial charge in [0, 0.05) is 11.9 Å². The van der Waals surface area contributed by atoms with Gasteiger partial charge in [-0.25, -0.2) is 0 Å². The van der Waals surface area contributed by atoms with Crippen LogP contribution in [0.1, 0.15) is 17.3 Å². The fourth-order valence-electron chi connectivity index (χ4n) is 2.48. The highest BCUT2D eigenvalue weighted by molar-refractivity contribution is 6.42. The van der Waals surface area contributed by atoms with Crippen LogP contribution in [0.3, 0.4) is 0 Å². The van der Waals surface area contributed by atoms with Crippen molar-refractivity contribution in [3.63, 3.8) is 0 Å². The molecule has 1 unspecified atom stereocenters. The number of halogens is 2. The number of nitrogens with one attached hydrogen (secondary N) is 2. The molecule has 26 heavy (non-hydrogen) atoms. The van der Waals surface area contributed by atoms with Crippen molar-refractivity contribution in [1.29, 1.82) is 0 Å². The second-order valence-corrected chi connectivity index (χ2v) is 6.47. The van der Waals surface area contributed by atoms with E-state index in [4.69, 9.17) is 23.2 Å². The molecule has 0 spiro atoms. The molecule has 2 N–H and O–H groups in total. The van der Waals surface area contributed by atoms with E-state index in [0.29, 0.717) is 22.3 Å². The number of carbonyl (C=O) groups is 1. The summed E-state index contributed by atoms with van der Waals surface area (Å²) >= 11 is 12.1. The zero-order valence-electron chi connectivity index (χ0n) is 13.8. The Balaban J connectivity index is 1.78. The van der Waals surface area contributed by atoms with Crippen molar-refractivity contribution in [3.8, 4) is 0 Å². The number of carbonyl (C=O) groups excluding carboxylic acids is 1. The Hall–Kier alpha value is -2.56. The lowest BCUT2D eigenvalue weighted by atomic mass is 10.1. The maximum absolute atomic E-state index is 12.8. The highest BCUT2D eigenvalue weighted by Crippen LogP contribution is 2.27. The Morgan fingerprint density at radius 3 is 2.42 bits per heavy atom. The van der Waals surface area contributed by atoms with Crippen LogP contribution in [0.5, 0.6) is 0 Å². The third kappa shape index (κ3) is 4.75. The summed E-state index contributed by atoms with van der Waals surface area (Å²) < 4.78 is 0. The van der Waals surface area contributed by atoms with Gasteiger partial charge >= 0.3 is 0 Å². The minimum Gasteiger partial charge on any atom is -0.370 e. The fraction of sp³-hybridized carbons (Fsp3) is 0.100. The van der Waals surface area contributed by atoms with E-state index in [1.165, 1.54) is 0 Å². The van der Waals surface area contributed by atoms with E-state index in [-0.39, 0.29) is 5.91 Å². The van der Waals surface area contributed by atoms with E-state index in [9.17, 15) is 4.79 Å². The monoisotopic (exact) mass is 385 g/mol. The zero-order chi connectivity index (χ0) is 18.4. The van der Waals surface area contributed by atoms with Crippen LogP contribution < -0.4 is 10.6 Å². The number of aromatic nitrogens is 1. The average molecular weight is 386 g/mol. The standard InChI is InChI=1S/C20H17Cl2N3O/c21-17-10-9-15(12-18(17)22)25-19(14-6-2-1-3-7-14)20(26)24-13-16-8-4-5-11-23-16/h1-12,19,25H,13H2,(H,24,26). The third-order valence-electron chi connectivity index (χ3n) is 3.80. The first kappa shape index (κ1) is 18.2. The molecule has 0 saturated heterocycles. The summed E-state index contributed by atoms with van der Waals surface area (Å²) in [6, 6.07) is 19.7. The largest absolute Gasteiger partial charge is 0.370 e. The highest BCUT2D eigenvalue weighted by Gasteiger charge is 2.20. The van der Waals surface area contributed by atoms with Crippen LogP contribution in [0.4, 0.5) is 5.69 Å². The molecular formula is C20H17Cl2N3O. The first-order valence-electron chi connectivity index (χ1n) is 8.07. The van der Waals surface area contributed by atoms with Gasteiger partial charge in [0.25, 0.3) is 0 Å². The molecule has 132 valence electrons. The Morgan fingerprint density at radius 2 is 1.73 bits per heavy atom. The Kier molecular flexibility index (Phi) is 6.10. The third-order valence-corrected chi connectivity index (χ3v) is 4.53. The van der Waals surface area contributed by atoms with Crippen molar-refractivity contribution in [2.45, 2.75) is 12.6 Å². The number of anilines is 1. The van der Waals surface area contributed by atoms with Crippen LogP contribution in [0.15, 0.2) is 72.9 Å². The molecule has 0 aliphatic rings. The van der Waals surface area contributed by atoms with Crippen LogP contribution in [-0.2, 0) is 11.3 Å². The predicted octanol–water partition coefficient (Wildman–Crippen LogP) is 4.86. The van der Waals surface area contributed by atoms with E-state index in [1.807, 2.05) is 48.5 Å². The molecule has 4 nitrogen and oxygen atoms in total. The predicted molar refractivity (Wildman–Crippen MR) is 105 cm³/mol. The molecule has 0 radical (unpaired) electrons. The molecule has 0 aliphatic heterocycles. The SMILES string of the molecule is O=C(NCc1ccccn1)C(Nc1ccc(Cl)c(Cl)c1)c1ccccc1. The van der Waals surface area contributed by atoms with Gasteiger partial charge in [0.15, 0.2) is 0 Å². The molecule has 1 atom stereocenters. The fourth-order valence-corrected chi connectivity index (χ4v) is 2.78. The quantitative estimate of drug-likeness (QED) is 0.636. The molecule has 3 rings (SSSR count). The van der Waals surface area contributed by atoms with E-state index >= 15 is 0 Å². The van der Waals surface area contributed by atoms with Crippen LogP contribution in [0.25, 0.3) is 0 Å². The zero-order valence-corrected chi connectivity index (χ0v) is 15.3. The van der Waals surface area contributed by atoms with Crippen LogP contribution in [0, 0.1) is 0 Å². The first-order valence-corrected chi connectivity index (χ1v) is 8.83. The molecule has 1 aromatic heterocycles. The van der Waals surface area contributed by atoms with Gasteiger partial charge in [-0.1, -0.05) is 59.6 Å². The topological polar surface area (TPSA) is 54.0 Å². The van der Waals surface area contributed by atoms with Gasteiger partial charge in [-0.05, 0) is 35.9 Å². The van der Waals surface area contributed by atoms with E-state index in [0.717, 1.165) is 11.3 Å². The molecule has 2 aromatic carbocycles. The van der Waals surface area contributed by atoms with Gasteiger partial charge < -0.3 is 10.6 Å². The lowest BCUT2D eigenvalue weighted by Crippen LogP contribution is -2.33. The number of benzene rings is 2. The first-order chi connectivity index (χ1) is 12.6. The van der Waals surface area contributed by atoms with Crippen LogP contribution in [-0.4, -0.2) is 10.9 Å². The molecule has 0 bridgehead atoms. The summed E-state index contributed by atoms with van der Waals surface area (Å²) in [5, 5.41) is 7.04. The normalized spacial score (nSPS) is 11.6. The summed E-state index contributed by atoms with van der Waals surface area (Å²) in [5.74, 6) is -0.159. The van der Waals surface area contributed by atoms with Gasteiger partial charge in [-0.2, -0.15) is 0 Å². The number of pyridine rings is 1. The summed E-state index contributed by atoms with van der Waals surface area (Å²) in [4.78, 5) is 17.0. The highest BCUT2D eigenvalue weighted by atomic mass is 35.5. The van der Waals surface area contributed by atoms with Crippen molar-refractivity contribution in [2.75, 3.05) is 5.32 Å². The average Bonchev–Trinajstić information content (AvgIpc) is 2.68. The van der Waals surface area contributed by atoms with Crippen molar-refractivity contribution in [3.05, 3.63) is 94.2 Å². The Labute approximate surface area is 162 Å². The molecule has 0 fully saturated rings. The number of hydrogen-bond donors (Lipinski definition) is 2. The van der Waals surface area contributed by atoms with Crippen LogP contribution >= 0.6 is 23.2 Å². The summed E-state index contributed by atoms with van der Waals surface area (Å²) in [6.45, 7) is 0.353. The lowest BCUT2D eigenvalue weighted by Gasteiger charge is -2.20. The molecule has 1 heterocycles. The maximum atomic E-state index is 12.8. The van der Waals surface area contributed by atoms with Crippen molar-refractivity contribution >= 4 is 34.8 Å². The molecular weight excluding hydrogens is 369 g/mol. The number of amides is 1. The Bertz CT molecular complexity index is 873. The van der Waals surface area contributed by atoms with Crippen molar-refractivity contribution in [2.24, 2.45) is 0 Å². The minimum atomic E-state index is -0.572.